The lowest BCUT2D eigenvalue weighted by molar-refractivity contribution is 0.0525. The molecule has 0 aliphatic carbocycles. The topological polar surface area (TPSA) is 99.6 Å². The maximum Gasteiger partial charge on any atom is 0.339 e. The summed E-state index contributed by atoms with van der Waals surface area (Å²) in [4.78, 5) is 18.6. The molecule has 0 spiro atoms. The summed E-state index contributed by atoms with van der Waals surface area (Å²) in [5.41, 5.74) is 6.18. The Morgan fingerprint density at radius 2 is 1.83 bits per heavy atom. The second kappa shape index (κ2) is 14.4. The lowest BCUT2D eigenvalue weighted by atomic mass is 9.96. The molecule has 3 heterocycles. The van der Waals surface area contributed by atoms with E-state index in [1.54, 1.807) is 19.2 Å². The highest BCUT2D eigenvalue weighted by atomic mass is 35.5. The summed E-state index contributed by atoms with van der Waals surface area (Å²) in [7, 11) is 0. The van der Waals surface area contributed by atoms with E-state index >= 15 is 0 Å². The number of carbonyl (C=O) groups excluding carboxylic acids is 1. The van der Waals surface area contributed by atoms with Crippen LogP contribution in [-0.2, 0) is 24.5 Å². The predicted molar refractivity (Wildman–Crippen MR) is 174 cm³/mol. The number of fused-ring (bicyclic) bond motifs is 1. The molecule has 1 N–H and O–H groups in total. The van der Waals surface area contributed by atoms with E-state index in [0.29, 0.717) is 55.0 Å². The van der Waals surface area contributed by atoms with Crippen molar-refractivity contribution in [3.05, 3.63) is 99.8 Å². The van der Waals surface area contributed by atoms with Crippen molar-refractivity contribution < 1.29 is 33.6 Å². The number of aliphatic hydroxyl groups excluding tert-OH is 1. The van der Waals surface area contributed by atoms with Gasteiger partial charge in [-0.1, -0.05) is 35.9 Å². The summed E-state index contributed by atoms with van der Waals surface area (Å²) >= 11 is 6.78. The van der Waals surface area contributed by atoms with E-state index in [-0.39, 0.29) is 19.3 Å². The van der Waals surface area contributed by atoms with Gasteiger partial charge in [-0.2, -0.15) is 0 Å². The van der Waals surface area contributed by atoms with Gasteiger partial charge < -0.3 is 28.8 Å². The van der Waals surface area contributed by atoms with Crippen LogP contribution in [0.3, 0.4) is 0 Å². The standard InChI is InChI=1S/C36H37ClN2O7/c1-3-42-36(41)27-13-24(17-38-18-27)21-45-33-16-34(31(37)14-28(33)19-39-10-9-29(40)20-39)46-22-26-5-4-6-30(23(26)2)25-7-8-32-35(15-25)44-12-11-43-32/h4-8,13-18,29,40H,3,9-12,19-22H2,1-2H3. The summed E-state index contributed by atoms with van der Waals surface area (Å²) in [5.74, 6) is 2.16. The minimum atomic E-state index is -0.430. The van der Waals surface area contributed by atoms with E-state index in [1.807, 2.05) is 42.5 Å². The molecule has 0 bridgehead atoms. The second-order valence-electron chi connectivity index (χ2n) is 11.4. The molecule has 0 saturated carbocycles. The fraction of sp³-hybridized carbons (Fsp3) is 0.333. The minimum absolute atomic E-state index is 0.174. The third kappa shape index (κ3) is 7.39. The molecule has 4 aromatic rings. The molecule has 1 fully saturated rings. The van der Waals surface area contributed by atoms with E-state index in [1.165, 1.54) is 6.20 Å². The predicted octanol–water partition coefficient (Wildman–Crippen LogP) is 6.38. The van der Waals surface area contributed by atoms with Crippen LogP contribution in [0.1, 0.15) is 46.0 Å². The molecular weight excluding hydrogens is 608 g/mol. The molecule has 1 atom stereocenters. The van der Waals surface area contributed by atoms with E-state index in [0.717, 1.165) is 57.8 Å². The van der Waals surface area contributed by atoms with E-state index in [4.69, 9.17) is 35.3 Å². The van der Waals surface area contributed by atoms with Crippen molar-refractivity contribution >= 4 is 17.6 Å². The SMILES string of the molecule is CCOC(=O)c1cncc(COc2cc(OCc3cccc(-c4ccc5c(c4)OCCO5)c3C)c(Cl)cc2CN2CCC(O)C2)c1. The summed E-state index contributed by atoms with van der Waals surface area (Å²) in [5, 5.41) is 10.5. The molecule has 1 saturated heterocycles. The average Bonchev–Trinajstić information content (AvgIpc) is 3.48. The second-order valence-corrected chi connectivity index (χ2v) is 11.8. The first-order chi connectivity index (χ1) is 22.4. The number of carbonyl (C=O) groups is 1. The Bertz CT molecular complexity index is 1710. The molecule has 2 aliphatic heterocycles. The highest BCUT2D eigenvalue weighted by Crippen LogP contribution is 2.38. The molecule has 0 amide bonds. The van der Waals surface area contributed by atoms with Crippen LogP contribution in [-0.4, -0.2) is 60.0 Å². The number of hydrogen-bond acceptors (Lipinski definition) is 9. The van der Waals surface area contributed by atoms with Crippen molar-refractivity contribution in [2.75, 3.05) is 32.9 Å². The average molecular weight is 645 g/mol. The van der Waals surface area contributed by atoms with Gasteiger partial charge >= 0.3 is 5.97 Å². The first-order valence-electron chi connectivity index (χ1n) is 15.5. The summed E-state index contributed by atoms with van der Waals surface area (Å²) < 4.78 is 29.2. The van der Waals surface area contributed by atoms with Crippen LogP contribution in [0, 0.1) is 6.92 Å². The monoisotopic (exact) mass is 644 g/mol. The number of ether oxygens (including phenoxy) is 5. The number of nitrogens with zero attached hydrogens (tertiary/aromatic N) is 2. The van der Waals surface area contributed by atoms with Gasteiger partial charge in [-0.25, -0.2) is 4.79 Å². The zero-order valence-corrected chi connectivity index (χ0v) is 26.7. The number of aromatic nitrogens is 1. The molecular formula is C36H37ClN2O7. The number of pyridine rings is 1. The quantitative estimate of drug-likeness (QED) is 0.186. The van der Waals surface area contributed by atoms with Crippen molar-refractivity contribution in [3.8, 4) is 34.1 Å². The number of aliphatic hydroxyl groups is 1. The summed E-state index contributed by atoms with van der Waals surface area (Å²) in [6.07, 6.45) is 3.51. The van der Waals surface area contributed by atoms with Gasteiger partial charge in [0.05, 0.1) is 23.3 Å². The lowest BCUT2D eigenvalue weighted by Crippen LogP contribution is -2.22. The van der Waals surface area contributed by atoms with Crippen LogP contribution in [0.5, 0.6) is 23.0 Å². The van der Waals surface area contributed by atoms with Gasteiger partial charge in [-0.3, -0.25) is 9.88 Å². The summed E-state index contributed by atoms with van der Waals surface area (Å²) in [6.45, 7) is 7.60. The van der Waals surface area contributed by atoms with Crippen molar-refractivity contribution in [2.24, 2.45) is 0 Å². The van der Waals surface area contributed by atoms with Crippen molar-refractivity contribution in [2.45, 2.75) is 46.1 Å². The highest BCUT2D eigenvalue weighted by molar-refractivity contribution is 6.32. The van der Waals surface area contributed by atoms with Gasteiger partial charge in [0.2, 0.25) is 0 Å². The van der Waals surface area contributed by atoms with Crippen molar-refractivity contribution in [1.82, 2.24) is 9.88 Å². The van der Waals surface area contributed by atoms with Crippen LogP contribution in [0.4, 0.5) is 0 Å². The number of rotatable bonds is 11. The molecule has 0 radical (unpaired) electrons. The van der Waals surface area contributed by atoms with Gasteiger partial charge in [0.15, 0.2) is 11.5 Å². The molecule has 46 heavy (non-hydrogen) atoms. The molecule has 1 aromatic heterocycles. The zero-order valence-electron chi connectivity index (χ0n) is 26.0. The smallest absolute Gasteiger partial charge is 0.339 e. The Labute approximate surface area is 273 Å². The van der Waals surface area contributed by atoms with E-state index in [9.17, 15) is 9.90 Å². The number of esters is 1. The number of likely N-dealkylation sites (tertiary alicyclic amines) is 1. The van der Waals surface area contributed by atoms with Crippen LogP contribution < -0.4 is 18.9 Å². The van der Waals surface area contributed by atoms with Gasteiger partial charge in [-0.15, -0.1) is 0 Å². The zero-order chi connectivity index (χ0) is 32.0. The highest BCUT2D eigenvalue weighted by Gasteiger charge is 2.23. The molecule has 2 aliphatic rings. The Morgan fingerprint density at radius 1 is 1.00 bits per heavy atom. The molecule has 9 nitrogen and oxygen atoms in total. The number of hydrogen-bond donors (Lipinski definition) is 1. The third-order valence-electron chi connectivity index (χ3n) is 8.14. The van der Waals surface area contributed by atoms with Gasteiger partial charge in [-0.05, 0) is 66.8 Å². The largest absolute Gasteiger partial charge is 0.488 e. The Hall–Kier alpha value is -4.31. The maximum absolute atomic E-state index is 12.2. The van der Waals surface area contributed by atoms with Gasteiger partial charge in [0.25, 0.3) is 0 Å². The maximum atomic E-state index is 12.2. The Morgan fingerprint density at radius 3 is 2.63 bits per heavy atom. The normalized spacial score (nSPS) is 15.9. The van der Waals surface area contributed by atoms with Crippen molar-refractivity contribution in [3.63, 3.8) is 0 Å². The summed E-state index contributed by atoms with van der Waals surface area (Å²) in [6, 6.07) is 17.5. The first kappa shape index (κ1) is 31.7. The number of halogens is 1. The fourth-order valence-electron chi connectivity index (χ4n) is 5.71. The molecule has 1 unspecified atom stereocenters. The van der Waals surface area contributed by atoms with E-state index in [2.05, 4.69) is 22.9 Å². The van der Waals surface area contributed by atoms with Crippen LogP contribution in [0.25, 0.3) is 11.1 Å². The Kier molecular flexibility index (Phi) is 9.92. The molecule has 3 aromatic carbocycles. The molecule has 6 rings (SSSR count). The van der Waals surface area contributed by atoms with Crippen LogP contribution in [0.15, 0.2) is 67.0 Å². The number of β-amino-alcohol motifs (C(OH)–C–C–N with tert-alkyl or cyclic N) is 1. The molecule has 240 valence electrons. The van der Waals surface area contributed by atoms with Crippen LogP contribution >= 0.6 is 11.6 Å². The first-order valence-corrected chi connectivity index (χ1v) is 15.8. The lowest BCUT2D eigenvalue weighted by Gasteiger charge is -2.21. The van der Waals surface area contributed by atoms with E-state index < -0.39 is 5.97 Å². The Balaban J connectivity index is 1.22. The van der Waals surface area contributed by atoms with Gasteiger partial charge in [0, 0.05) is 49.2 Å². The van der Waals surface area contributed by atoms with Gasteiger partial charge in [0.1, 0.15) is 37.9 Å². The number of benzene rings is 3. The third-order valence-corrected chi connectivity index (χ3v) is 8.43. The minimum Gasteiger partial charge on any atom is -0.488 e. The van der Waals surface area contributed by atoms with Crippen LogP contribution in [0.2, 0.25) is 5.02 Å². The molecule has 10 heteroatoms. The van der Waals surface area contributed by atoms with Crippen molar-refractivity contribution in [1.29, 1.82) is 0 Å². The fourth-order valence-corrected chi connectivity index (χ4v) is 5.95.